The van der Waals surface area contributed by atoms with E-state index in [0.717, 1.165) is 0 Å². The Labute approximate surface area is 123 Å². The summed E-state index contributed by atoms with van der Waals surface area (Å²) in [7, 11) is 0. The minimum absolute atomic E-state index is 0.0937. The van der Waals surface area contributed by atoms with Crippen LogP contribution in [-0.4, -0.2) is 44.8 Å². The first kappa shape index (κ1) is 17.3. The van der Waals surface area contributed by atoms with Crippen molar-refractivity contribution in [3.05, 3.63) is 27.4 Å². The molecule has 1 rings (SSSR count). The molecule has 1 aromatic heterocycles. The Balaban J connectivity index is 2.72. The van der Waals surface area contributed by atoms with E-state index in [1.165, 1.54) is 0 Å². The molecule has 0 radical (unpaired) electrons. The smallest absolute Gasteiger partial charge is 0.254 e. The van der Waals surface area contributed by atoms with Crippen LogP contribution in [0.1, 0.15) is 36.8 Å². The second kappa shape index (κ2) is 7.33. The number of rotatable bonds is 7. The second-order valence-electron chi connectivity index (χ2n) is 5.21. The van der Waals surface area contributed by atoms with E-state index in [1.807, 2.05) is 0 Å². The number of amides is 1. The molecule has 1 heterocycles. The van der Waals surface area contributed by atoms with Gasteiger partial charge < -0.3 is 20.5 Å². The molecule has 21 heavy (non-hydrogen) atoms. The van der Waals surface area contributed by atoms with E-state index in [1.54, 1.807) is 20.8 Å². The molecule has 0 saturated carbocycles. The molecule has 0 aromatic carbocycles. The van der Waals surface area contributed by atoms with Crippen LogP contribution in [0, 0.1) is 13.8 Å². The Morgan fingerprint density at radius 2 is 1.95 bits per heavy atom. The minimum Gasteiger partial charge on any atom is -0.394 e. The fourth-order valence-corrected chi connectivity index (χ4v) is 2.08. The normalized spacial score (nSPS) is 11.5. The largest absolute Gasteiger partial charge is 0.394 e. The highest BCUT2D eigenvalue weighted by atomic mass is 16.3. The number of nitrogens with one attached hydrogen (secondary N) is 2. The number of aromatic nitrogens is 2. The number of nitrogens with zero attached hydrogens (tertiary/aromatic N) is 1. The third kappa shape index (κ3) is 4.37. The van der Waals surface area contributed by atoms with Crippen LogP contribution in [0.15, 0.2) is 4.79 Å². The number of aliphatic hydroxyl groups excluding tert-OH is 2. The molecule has 1 amide bonds. The van der Waals surface area contributed by atoms with Crippen molar-refractivity contribution >= 4 is 5.91 Å². The highest BCUT2D eigenvalue weighted by molar-refractivity contribution is 5.77. The van der Waals surface area contributed by atoms with Crippen LogP contribution < -0.4 is 10.9 Å². The molecule has 0 spiro atoms. The first-order valence-electron chi connectivity index (χ1n) is 6.96. The monoisotopic (exact) mass is 297 g/mol. The quantitative estimate of drug-likeness (QED) is 0.545. The Hall–Kier alpha value is -1.73. The van der Waals surface area contributed by atoms with Crippen molar-refractivity contribution in [1.29, 1.82) is 0 Å². The predicted molar refractivity (Wildman–Crippen MR) is 78.0 cm³/mol. The molecule has 0 aliphatic heterocycles. The van der Waals surface area contributed by atoms with Crippen LogP contribution in [0.5, 0.6) is 0 Å². The SMILES string of the molecule is CCC(CO)(CO)NC(=O)CCc1c(C)nc(C)[nH]c1=O. The zero-order valence-corrected chi connectivity index (χ0v) is 12.7. The fraction of sp³-hybridized carbons (Fsp3) is 0.643. The third-order valence-corrected chi connectivity index (χ3v) is 3.63. The molecule has 0 bridgehead atoms. The van der Waals surface area contributed by atoms with Gasteiger partial charge in [0.1, 0.15) is 5.82 Å². The molecule has 7 heteroatoms. The molecule has 0 aliphatic carbocycles. The molecule has 1 aromatic rings. The molecule has 0 unspecified atom stereocenters. The van der Waals surface area contributed by atoms with Crippen LogP contribution >= 0.6 is 0 Å². The average molecular weight is 297 g/mol. The van der Waals surface area contributed by atoms with Gasteiger partial charge in [-0.25, -0.2) is 4.98 Å². The Morgan fingerprint density at radius 3 is 2.43 bits per heavy atom. The van der Waals surface area contributed by atoms with Gasteiger partial charge >= 0.3 is 0 Å². The molecule has 0 fully saturated rings. The van der Waals surface area contributed by atoms with Gasteiger partial charge in [0.05, 0.1) is 18.8 Å². The summed E-state index contributed by atoms with van der Waals surface area (Å²) in [5.74, 6) is 0.218. The summed E-state index contributed by atoms with van der Waals surface area (Å²) in [6, 6.07) is 0. The summed E-state index contributed by atoms with van der Waals surface area (Å²) >= 11 is 0. The van der Waals surface area contributed by atoms with E-state index < -0.39 is 5.54 Å². The third-order valence-electron chi connectivity index (χ3n) is 3.63. The van der Waals surface area contributed by atoms with Gasteiger partial charge in [0.2, 0.25) is 5.91 Å². The minimum atomic E-state index is -1.01. The van der Waals surface area contributed by atoms with E-state index in [0.29, 0.717) is 23.5 Å². The van der Waals surface area contributed by atoms with Crippen molar-refractivity contribution in [2.45, 2.75) is 45.6 Å². The number of hydrogen-bond donors (Lipinski definition) is 4. The summed E-state index contributed by atoms with van der Waals surface area (Å²) in [6.07, 6.45) is 0.769. The van der Waals surface area contributed by atoms with E-state index in [-0.39, 0.29) is 37.5 Å². The van der Waals surface area contributed by atoms with E-state index in [2.05, 4.69) is 15.3 Å². The highest BCUT2D eigenvalue weighted by Gasteiger charge is 2.28. The summed E-state index contributed by atoms with van der Waals surface area (Å²) < 4.78 is 0. The standard InChI is InChI=1S/C14H23N3O4/c1-4-14(7-18,8-19)17-12(20)6-5-11-9(2)15-10(3)16-13(11)21/h18-19H,4-8H2,1-3H3,(H,17,20)(H,15,16,21). The van der Waals surface area contributed by atoms with Crippen LogP contribution in [0.25, 0.3) is 0 Å². The van der Waals surface area contributed by atoms with Gasteiger partial charge in [0.15, 0.2) is 0 Å². The topological polar surface area (TPSA) is 115 Å². The number of aryl methyl sites for hydroxylation is 2. The molecule has 4 N–H and O–H groups in total. The Morgan fingerprint density at radius 1 is 1.33 bits per heavy atom. The van der Waals surface area contributed by atoms with Gasteiger partial charge in [-0.2, -0.15) is 0 Å². The van der Waals surface area contributed by atoms with Gasteiger partial charge in [-0.3, -0.25) is 9.59 Å². The summed E-state index contributed by atoms with van der Waals surface area (Å²) in [5, 5.41) is 21.2. The van der Waals surface area contributed by atoms with Crippen LogP contribution in [0.4, 0.5) is 0 Å². The van der Waals surface area contributed by atoms with Crippen molar-refractivity contribution in [3.63, 3.8) is 0 Å². The molecule has 0 saturated heterocycles. The maximum Gasteiger partial charge on any atom is 0.254 e. The number of aromatic amines is 1. The lowest BCUT2D eigenvalue weighted by molar-refractivity contribution is -0.124. The maximum atomic E-state index is 11.9. The van der Waals surface area contributed by atoms with Crippen molar-refractivity contribution < 1.29 is 15.0 Å². The lowest BCUT2D eigenvalue weighted by Crippen LogP contribution is -2.53. The average Bonchev–Trinajstić information content (AvgIpc) is 2.43. The zero-order chi connectivity index (χ0) is 16.0. The summed E-state index contributed by atoms with van der Waals surface area (Å²) in [4.78, 5) is 30.5. The second-order valence-corrected chi connectivity index (χ2v) is 5.21. The first-order valence-corrected chi connectivity index (χ1v) is 6.96. The molecule has 118 valence electrons. The van der Waals surface area contributed by atoms with Crippen molar-refractivity contribution in [2.75, 3.05) is 13.2 Å². The van der Waals surface area contributed by atoms with Gasteiger partial charge in [-0.15, -0.1) is 0 Å². The van der Waals surface area contributed by atoms with Crippen molar-refractivity contribution in [2.24, 2.45) is 0 Å². The summed E-state index contributed by atoms with van der Waals surface area (Å²) in [5.41, 5.74) is -0.163. The lowest BCUT2D eigenvalue weighted by Gasteiger charge is -2.29. The van der Waals surface area contributed by atoms with Gasteiger partial charge in [-0.05, 0) is 26.7 Å². The maximum absolute atomic E-state index is 11.9. The van der Waals surface area contributed by atoms with Crippen molar-refractivity contribution in [1.82, 2.24) is 15.3 Å². The van der Waals surface area contributed by atoms with Crippen molar-refractivity contribution in [3.8, 4) is 0 Å². The fourth-order valence-electron chi connectivity index (χ4n) is 2.08. The van der Waals surface area contributed by atoms with Gasteiger partial charge in [-0.1, -0.05) is 6.92 Å². The number of H-pyrrole nitrogens is 1. The molecular formula is C14H23N3O4. The molecule has 0 aliphatic rings. The lowest BCUT2D eigenvalue weighted by atomic mass is 9.98. The number of hydrogen-bond acceptors (Lipinski definition) is 5. The highest BCUT2D eigenvalue weighted by Crippen LogP contribution is 2.09. The van der Waals surface area contributed by atoms with Gasteiger partial charge in [0, 0.05) is 17.7 Å². The van der Waals surface area contributed by atoms with Gasteiger partial charge in [0.25, 0.3) is 5.56 Å². The van der Waals surface area contributed by atoms with E-state index >= 15 is 0 Å². The predicted octanol–water partition coefficient (Wildman–Crippen LogP) is -0.431. The van der Waals surface area contributed by atoms with Crippen LogP contribution in [0.3, 0.4) is 0 Å². The van der Waals surface area contributed by atoms with Crippen LogP contribution in [0.2, 0.25) is 0 Å². The number of carbonyl (C=O) groups is 1. The zero-order valence-electron chi connectivity index (χ0n) is 12.7. The van der Waals surface area contributed by atoms with Crippen LogP contribution in [-0.2, 0) is 11.2 Å². The van der Waals surface area contributed by atoms with E-state index in [4.69, 9.17) is 0 Å². The summed E-state index contributed by atoms with van der Waals surface area (Å²) in [6.45, 7) is 4.52. The molecule has 0 atom stereocenters. The first-order chi connectivity index (χ1) is 9.87. The molecule has 7 nitrogen and oxygen atoms in total. The number of carbonyl (C=O) groups excluding carboxylic acids is 1. The Bertz CT molecular complexity index is 541. The molecular weight excluding hydrogens is 274 g/mol. The Kier molecular flexibility index (Phi) is 6.04. The number of aliphatic hydroxyl groups is 2. The van der Waals surface area contributed by atoms with E-state index in [9.17, 15) is 19.8 Å².